The molecule has 0 amide bonds. The molecule has 1 aromatic carbocycles. The SMILES string of the molecule is COc1ccccc1Oc1c(NS(=O)(=O)NC2CC2)nc(-c2ncccn2)nc1OCCOc1ncc(Br)cn1. The van der Waals surface area contributed by atoms with E-state index in [1.807, 2.05) is 0 Å². The summed E-state index contributed by atoms with van der Waals surface area (Å²) in [5.41, 5.74) is 0. The third kappa shape index (κ3) is 7.28. The maximum absolute atomic E-state index is 12.9. The minimum atomic E-state index is -4.03. The van der Waals surface area contributed by atoms with E-state index in [0.717, 1.165) is 12.8 Å². The molecule has 208 valence electrons. The van der Waals surface area contributed by atoms with Crippen molar-refractivity contribution in [2.45, 2.75) is 18.9 Å². The van der Waals surface area contributed by atoms with Crippen molar-refractivity contribution in [3.8, 4) is 40.8 Å². The molecule has 16 heteroatoms. The molecule has 1 aliphatic carbocycles. The van der Waals surface area contributed by atoms with Crippen LogP contribution in [0.5, 0.6) is 29.1 Å². The van der Waals surface area contributed by atoms with Crippen LogP contribution in [0.25, 0.3) is 11.6 Å². The highest BCUT2D eigenvalue weighted by atomic mass is 79.9. The van der Waals surface area contributed by atoms with Gasteiger partial charge in [0.15, 0.2) is 23.1 Å². The van der Waals surface area contributed by atoms with E-state index in [-0.39, 0.29) is 60.1 Å². The number of hydrogen-bond acceptors (Lipinski definition) is 12. The number of rotatable bonds is 13. The predicted octanol–water partition coefficient (Wildman–Crippen LogP) is 3.15. The van der Waals surface area contributed by atoms with Gasteiger partial charge in [-0.05, 0) is 47.0 Å². The fourth-order valence-electron chi connectivity index (χ4n) is 3.24. The highest BCUT2D eigenvalue weighted by Crippen LogP contribution is 2.41. The fraction of sp³-hybridized carbons (Fsp3) is 0.250. The van der Waals surface area contributed by atoms with Crippen molar-refractivity contribution in [2.24, 2.45) is 0 Å². The second-order valence-corrected chi connectivity index (χ2v) is 10.6. The van der Waals surface area contributed by atoms with Crippen LogP contribution < -0.4 is 28.4 Å². The number of nitrogens with zero attached hydrogens (tertiary/aromatic N) is 6. The molecule has 40 heavy (non-hydrogen) atoms. The highest BCUT2D eigenvalue weighted by Gasteiger charge is 2.30. The molecule has 3 aromatic heterocycles. The van der Waals surface area contributed by atoms with Crippen molar-refractivity contribution in [3.05, 3.63) is 59.6 Å². The number of hydrogen-bond donors (Lipinski definition) is 2. The quantitative estimate of drug-likeness (QED) is 0.207. The molecule has 0 unspecified atom stereocenters. The van der Waals surface area contributed by atoms with Gasteiger partial charge < -0.3 is 18.9 Å². The summed E-state index contributed by atoms with van der Waals surface area (Å²) in [5, 5.41) is 0. The van der Waals surface area contributed by atoms with E-state index >= 15 is 0 Å². The summed E-state index contributed by atoms with van der Waals surface area (Å²) < 4.78 is 54.5. The average molecular weight is 631 g/mol. The van der Waals surface area contributed by atoms with Gasteiger partial charge in [0.2, 0.25) is 11.6 Å². The molecule has 14 nitrogen and oxygen atoms in total. The summed E-state index contributed by atoms with van der Waals surface area (Å²) in [5.74, 6) is 0.430. The molecule has 1 aliphatic rings. The number of ether oxygens (including phenoxy) is 4. The van der Waals surface area contributed by atoms with E-state index < -0.39 is 10.2 Å². The maximum Gasteiger partial charge on any atom is 0.316 e. The number of nitrogens with one attached hydrogen (secondary N) is 2. The topological polar surface area (TPSA) is 172 Å². The Kier molecular flexibility index (Phi) is 8.47. The molecule has 1 saturated carbocycles. The third-order valence-electron chi connectivity index (χ3n) is 5.16. The zero-order valence-corrected chi connectivity index (χ0v) is 23.4. The van der Waals surface area contributed by atoms with E-state index in [1.54, 1.807) is 42.7 Å². The molecular formula is C24H23BrN8O6S. The lowest BCUT2D eigenvalue weighted by Gasteiger charge is -2.18. The van der Waals surface area contributed by atoms with Crippen molar-refractivity contribution in [3.63, 3.8) is 0 Å². The lowest BCUT2D eigenvalue weighted by Crippen LogP contribution is -2.32. The second kappa shape index (κ2) is 12.4. The van der Waals surface area contributed by atoms with Gasteiger partial charge in [-0.15, -0.1) is 0 Å². The number of halogens is 1. The van der Waals surface area contributed by atoms with Gasteiger partial charge in [0.05, 0.1) is 11.6 Å². The zero-order chi connectivity index (χ0) is 28.0. The van der Waals surface area contributed by atoms with Gasteiger partial charge in [0.1, 0.15) is 13.2 Å². The Morgan fingerprint density at radius 1 is 0.925 bits per heavy atom. The molecule has 5 rings (SSSR count). The summed E-state index contributed by atoms with van der Waals surface area (Å²) in [4.78, 5) is 25.3. The molecule has 2 N–H and O–H groups in total. The lowest BCUT2D eigenvalue weighted by molar-refractivity contribution is 0.197. The summed E-state index contributed by atoms with van der Waals surface area (Å²) in [6.07, 6.45) is 7.61. The Balaban J connectivity index is 1.50. The number of methoxy groups -OCH3 is 1. The first-order valence-electron chi connectivity index (χ1n) is 11.9. The first-order chi connectivity index (χ1) is 19.4. The Bertz CT molecular complexity index is 1560. The molecule has 0 aliphatic heterocycles. The minimum Gasteiger partial charge on any atom is -0.493 e. The second-order valence-electron chi connectivity index (χ2n) is 8.23. The number of anilines is 1. The van der Waals surface area contributed by atoms with Crippen LogP contribution in [-0.4, -0.2) is 64.7 Å². The Labute approximate surface area is 237 Å². The van der Waals surface area contributed by atoms with Crippen LogP contribution in [0, 0.1) is 0 Å². The first kappa shape index (κ1) is 27.4. The van der Waals surface area contributed by atoms with Crippen molar-refractivity contribution in [2.75, 3.05) is 25.0 Å². The van der Waals surface area contributed by atoms with Gasteiger partial charge in [-0.2, -0.15) is 18.1 Å². The van der Waals surface area contributed by atoms with E-state index in [2.05, 4.69) is 55.3 Å². The summed E-state index contributed by atoms with van der Waals surface area (Å²) >= 11 is 3.27. The number of benzene rings is 1. The first-order valence-corrected chi connectivity index (χ1v) is 14.2. The minimum absolute atomic E-state index is 0.00394. The number of para-hydroxylation sites is 2. The largest absolute Gasteiger partial charge is 0.493 e. The van der Waals surface area contributed by atoms with Crippen LogP contribution in [0.2, 0.25) is 0 Å². The van der Waals surface area contributed by atoms with Crippen LogP contribution in [-0.2, 0) is 10.2 Å². The zero-order valence-electron chi connectivity index (χ0n) is 21.0. The van der Waals surface area contributed by atoms with E-state index in [4.69, 9.17) is 18.9 Å². The van der Waals surface area contributed by atoms with Crippen LogP contribution >= 0.6 is 15.9 Å². The molecule has 0 radical (unpaired) electrons. The molecule has 0 bridgehead atoms. The van der Waals surface area contributed by atoms with Gasteiger partial charge in [-0.3, -0.25) is 4.72 Å². The van der Waals surface area contributed by atoms with Gasteiger partial charge in [0.25, 0.3) is 5.88 Å². The summed E-state index contributed by atoms with van der Waals surface area (Å²) in [6, 6.07) is 8.46. The van der Waals surface area contributed by atoms with Gasteiger partial charge in [-0.25, -0.2) is 24.9 Å². The van der Waals surface area contributed by atoms with Crippen LogP contribution in [0.1, 0.15) is 12.8 Å². The van der Waals surface area contributed by atoms with Crippen LogP contribution in [0.3, 0.4) is 0 Å². The molecule has 4 aromatic rings. The van der Waals surface area contributed by atoms with Crippen molar-refractivity contribution in [1.82, 2.24) is 34.6 Å². The standard InChI is InChI=1S/C24H23BrN8O6S/c1-36-17-5-2-3-6-18(17)39-19-20(33-40(34,35)32-16-7-8-16)30-22(21-26-9-4-10-27-21)31-23(19)37-11-12-38-24-28-13-15(25)14-29-24/h2-6,9-10,13-14,16,32H,7-8,11-12H2,1H3,(H,30,31,33). The smallest absolute Gasteiger partial charge is 0.316 e. The van der Waals surface area contributed by atoms with E-state index in [0.29, 0.717) is 10.2 Å². The molecule has 0 atom stereocenters. The average Bonchev–Trinajstić information content (AvgIpc) is 3.77. The Morgan fingerprint density at radius 2 is 1.62 bits per heavy atom. The van der Waals surface area contributed by atoms with E-state index in [1.165, 1.54) is 19.5 Å². The highest BCUT2D eigenvalue weighted by molar-refractivity contribution is 9.10. The monoisotopic (exact) mass is 630 g/mol. The van der Waals surface area contributed by atoms with Crippen LogP contribution in [0.15, 0.2) is 59.6 Å². The van der Waals surface area contributed by atoms with Crippen LogP contribution in [0.4, 0.5) is 5.82 Å². The van der Waals surface area contributed by atoms with Gasteiger partial charge in [-0.1, -0.05) is 12.1 Å². The molecule has 3 heterocycles. The Morgan fingerprint density at radius 3 is 2.33 bits per heavy atom. The van der Waals surface area contributed by atoms with Crippen molar-refractivity contribution >= 4 is 32.0 Å². The van der Waals surface area contributed by atoms with Gasteiger partial charge in [0, 0.05) is 30.8 Å². The lowest BCUT2D eigenvalue weighted by atomic mass is 10.3. The Hall–Kier alpha value is -4.15. The predicted molar refractivity (Wildman–Crippen MR) is 146 cm³/mol. The summed E-state index contributed by atoms with van der Waals surface area (Å²) in [6.45, 7) is 0.0154. The number of aromatic nitrogens is 6. The maximum atomic E-state index is 12.9. The molecule has 1 fully saturated rings. The fourth-order valence-corrected chi connectivity index (χ4v) is 4.57. The normalized spacial score (nSPS) is 12.9. The third-order valence-corrected chi connectivity index (χ3v) is 6.68. The van der Waals surface area contributed by atoms with Gasteiger partial charge >= 0.3 is 16.2 Å². The summed E-state index contributed by atoms with van der Waals surface area (Å²) in [7, 11) is -2.54. The molecule has 0 spiro atoms. The van der Waals surface area contributed by atoms with Crippen molar-refractivity contribution in [1.29, 1.82) is 0 Å². The van der Waals surface area contributed by atoms with Crippen molar-refractivity contribution < 1.29 is 27.4 Å². The molecule has 0 saturated heterocycles. The molecular weight excluding hydrogens is 608 g/mol. The van der Waals surface area contributed by atoms with E-state index in [9.17, 15) is 8.42 Å².